The molecule has 1 aliphatic rings. The highest BCUT2D eigenvalue weighted by molar-refractivity contribution is 5.66. The van der Waals surface area contributed by atoms with Crippen molar-refractivity contribution in [2.75, 3.05) is 13.1 Å². The van der Waals surface area contributed by atoms with Crippen LogP contribution in [0.2, 0.25) is 0 Å². The summed E-state index contributed by atoms with van der Waals surface area (Å²) in [4.78, 5) is 16.7. The van der Waals surface area contributed by atoms with Crippen LogP contribution in [0.3, 0.4) is 0 Å². The highest BCUT2D eigenvalue weighted by atomic mass is 16.4. The number of aliphatic imine (C=N–C) groups is 1. The van der Waals surface area contributed by atoms with Crippen molar-refractivity contribution in [1.29, 1.82) is 0 Å². The van der Waals surface area contributed by atoms with Crippen LogP contribution in [-0.2, 0) is 4.79 Å². The van der Waals surface area contributed by atoms with Gasteiger partial charge in [0, 0.05) is 19.2 Å². The van der Waals surface area contributed by atoms with Gasteiger partial charge in [0.05, 0.1) is 12.9 Å². The zero-order valence-corrected chi connectivity index (χ0v) is 28.3. The summed E-state index contributed by atoms with van der Waals surface area (Å²) in [5.41, 5.74) is 0. The number of hydrogen-bond donors (Lipinski definition) is 1. The van der Waals surface area contributed by atoms with E-state index in [1.807, 2.05) is 6.34 Å². The van der Waals surface area contributed by atoms with E-state index in [1.54, 1.807) is 0 Å². The maximum absolute atomic E-state index is 10.3. The zero-order chi connectivity index (χ0) is 30.6. The number of carboxylic acid groups (broad SMARTS) is 1. The number of nitrogens with zero attached hydrogens (tertiary/aromatic N) is 2. The first-order valence-electron chi connectivity index (χ1n) is 18.5. The molecule has 0 aliphatic carbocycles. The first-order valence-corrected chi connectivity index (χ1v) is 18.5. The van der Waals surface area contributed by atoms with E-state index in [2.05, 4.69) is 48.2 Å². The Bertz CT molecular complexity index is 629. The van der Waals surface area contributed by atoms with Crippen molar-refractivity contribution in [2.24, 2.45) is 4.99 Å². The summed E-state index contributed by atoms with van der Waals surface area (Å²) >= 11 is 0. The molecule has 0 aromatic carbocycles. The molecule has 4 heteroatoms. The fourth-order valence-corrected chi connectivity index (χ4v) is 5.34. The van der Waals surface area contributed by atoms with Gasteiger partial charge in [0.25, 0.3) is 0 Å². The second-order valence-corrected chi connectivity index (χ2v) is 12.4. The highest BCUT2D eigenvalue weighted by Gasteiger charge is 1.99. The SMILES string of the molecule is CCCCCCCC/C=C\CCCCCCCC(=O)O.CCCCCCCCCCCCCCCC=CN1C=NCC1. The number of allylic oxidation sites excluding steroid dienone is 3. The molecule has 0 saturated carbocycles. The van der Waals surface area contributed by atoms with Gasteiger partial charge in [-0.2, -0.15) is 0 Å². The van der Waals surface area contributed by atoms with Crippen molar-refractivity contribution in [1.82, 2.24) is 4.90 Å². The van der Waals surface area contributed by atoms with Gasteiger partial charge >= 0.3 is 5.97 Å². The molecule has 1 heterocycles. The average Bonchev–Trinajstić information content (AvgIpc) is 3.51. The van der Waals surface area contributed by atoms with Crippen LogP contribution in [-0.4, -0.2) is 35.4 Å². The maximum Gasteiger partial charge on any atom is 0.303 e. The minimum Gasteiger partial charge on any atom is -0.481 e. The lowest BCUT2D eigenvalue weighted by Crippen LogP contribution is -2.10. The largest absolute Gasteiger partial charge is 0.481 e. The van der Waals surface area contributed by atoms with Crippen molar-refractivity contribution < 1.29 is 9.90 Å². The van der Waals surface area contributed by atoms with Crippen LogP contribution in [0.15, 0.2) is 29.4 Å². The molecule has 0 aromatic rings. The molecule has 0 radical (unpaired) electrons. The summed E-state index contributed by atoms with van der Waals surface area (Å²) in [6.07, 6.45) is 47.5. The van der Waals surface area contributed by atoms with Gasteiger partial charge in [-0.05, 0) is 44.9 Å². The van der Waals surface area contributed by atoms with Crippen LogP contribution in [0.25, 0.3) is 0 Å². The molecule has 0 fully saturated rings. The number of carboxylic acids is 1. The molecule has 0 spiro atoms. The molecule has 42 heavy (non-hydrogen) atoms. The molecule has 0 atom stereocenters. The first-order chi connectivity index (χ1) is 20.7. The lowest BCUT2D eigenvalue weighted by atomic mass is 10.0. The second-order valence-electron chi connectivity index (χ2n) is 12.4. The summed E-state index contributed by atoms with van der Waals surface area (Å²) < 4.78 is 0. The Hall–Kier alpha value is -1.58. The fourth-order valence-electron chi connectivity index (χ4n) is 5.34. The Morgan fingerprint density at radius 2 is 0.976 bits per heavy atom. The molecule has 246 valence electrons. The van der Waals surface area contributed by atoms with Gasteiger partial charge in [0.15, 0.2) is 0 Å². The third-order valence-electron chi connectivity index (χ3n) is 8.14. The molecule has 0 bridgehead atoms. The van der Waals surface area contributed by atoms with E-state index in [-0.39, 0.29) is 0 Å². The zero-order valence-electron chi connectivity index (χ0n) is 28.3. The van der Waals surface area contributed by atoms with Gasteiger partial charge in [-0.15, -0.1) is 0 Å². The van der Waals surface area contributed by atoms with E-state index in [1.165, 1.54) is 161 Å². The predicted octanol–water partition coefficient (Wildman–Crippen LogP) is 12.4. The van der Waals surface area contributed by atoms with E-state index in [0.717, 1.165) is 25.9 Å². The Kier molecular flexibility index (Phi) is 34.3. The van der Waals surface area contributed by atoms with Crippen molar-refractivity contribution in [2.45, 2.75) is 194 Å². The topological polar surface area (TPSA) is 52.9 Å². The average molecular weight is 589 g/mol. The van der Waals surface area contributed by atoms with E-state index in [4.69, 9.17) is 5.11 Å². The number of rotatable bonds is 30. The second kappa shape index (κ2) is 35.6. The maximum atomic E-state index is 10.3. The monoisotopic (exact) mass is 589 g/mol. The van der Waals surface area contributed by atoms with Crippen LogP contribution < -0.4 is 0 Å². The van der Waals surface area contributed by atoms with E-state index in [9.17, 15) is 4.79 Å². The van der Waals surface area contributed by atoms with Crippen LogP contribution >= 0.6 is 0 Å². The van der Waals surface area contributed by atoms with Crippen molar-refractivity contribution >= 4 is 12.3 Å². The number of carbonyl (C=O) groups is 1. The summed E-state index contributed by atoms with van der Waals surface area (Å²) in [6, 6.07) is 0. The Morgan fingerprint density at radius 3 is 1.36 bits per heavy atom. The summed E-state index contributed by atoms with van der Waals surface area (Å²) in [5.74, 6) is -0.664. The lowest BCUT2D eigenvalue weighted by Gasteiger charge is -2.05. The van der Waals surface area contributed by atoms with E-state index < -0.39 is 5.97 Å². The molecule has 0 aromatic heterocycles. The molecule has 0 saturated heterocycles. The van der Waals surface area contributed by atoms with E-state index >= 15 is 0 Å². The van der Waals surface area contributed by atoms with Gasteiger partial charge in [-0.3, -0.25) is 9.79 Å². The van der Waals surface area contributed by atoms with Gasteiger partial charge in [-0.1, -0.05) is 160 Å². The fraction of sp³-hybridized carbons (Fsp3) is 0.842. The molecule has 1 rings (SSSR count). The highest BCUT2D eigenvalue weighted by Crippen LogP contribution is 2.13. The number of hydrogen-bond acceptors (Lipinski definition) is 3. The Morgan fingerprint density at radius 1 is 0.595 bits per heavy atom. The Labute approximate surface area is 262 Å². The van der Waals surface area contributed by atoms with Crippen molar-refractivity contribution in [3.8, 4) is 0 Å². The van der Waals surface area contributed by atoms with Gasteiger partial charge in [0.1, 0.15) is 0 Å². The standard InChI is InChI=1S/C20H38N2.C18H34O2/c1-2-3-4-5-6-7-8-9-10-11-12-13-14-15-16-18-22-19-17-21-20-22;1-2-3-4-5-6-7-8-9-10-11-12-13-14-15-16-17-18(19)20/h16,18,20H,2-15,17,19H2,1H3;9-10H,2-8,11-17H2,1H3,(H,19,20)/b;10-9-. The summed E-state index contributed by atoms with van der Waals surface area (Å²) in [7, 11) is 0. The summed E-state index contributed by atoms with van der Waals surface area (Å²) in [6.45, 7) is 6.58. The molecular weight excluding hydrogens is 516 g/mol. The predicted molar refractivity (Wildman–Crippen MR) is 187 cm³/mol. The normalized spacial score (nSPS) is 13.0. The number of unbranched alkanes of at least 4 members (excludes halogenated alkanes) is 24. The van der Waals surface area contributed by atoms with Gasteiger partial charge < -0.3 is 10.0 Å². The third kappa shape index (κ3) is 34.6. The molecule has 4 nitrogen and oxygen atoms in total. The molecule has 1 N–H and O–H groups in total. The molecule has 0 amide bonds. The third-order valence-corrected chi connectivity index (χ3v) is 8.14. The van der Waals surface area contributed by atoms with Crippen LogP contribution in [0, 0.1) is 0 Å². The number of aliphatic carboxylic acids is 1. The van der Waals surface area contributed by atoms with Crippen LogP contribution in [0.1, 0.15) is 194 Å². The smallest absolute Gasteiger partial charge is 0.303 e. The molecule has 1 aliphatic heterocycles. The Balaban J connectivity index is 0.000000805. The minimum absolute atomic E-state index is 0.332. The lowest BCUT2D eigenvalue weighted by molar-refractivity contribution is -0.137. The first kappa shape index (κ1) is 40.4. The van der Waals surface area contributed by atoms with E-state index in [0.29, 0.717) is 6.42 Å². The van der Waals surface area contributed by atoms with Crippen molar-refractivity contribution in [3.05, 3.63) is 24.4 Å². The summed E-state index contributed by atoms with van der Waals surface area (Å²) in [5, 5.41) is 8.51. The van der Waals surface area contributed by atoms with Crippen LogP contribution in [0.5, 0.6) is 0 Å². The molecule has 0 unspecified atom stereocenters. The van der Waals surface area contributed by atoms with Crippen molar-refractivity contribution in [3.63, 3.8) is 0 Å². The van der Waals surface area contributed by atoms with Crippen LogP contribution in [0.4, 0.5) is 0 Å². The quantitative estimate of drug-likeness (QED) is 0.0670. The minimum atomic E-state index is -0.664. The van der Waals surface area contributed by atoms with Gasteiger partial charge in [0.2, 0.25) is 0 Å². The van der Waals surface area contributed by atoms with Gasteiger partial charge in [-0.25, -0.2) is 0 Å². The molecular formula is C38H72N2O2.